The average Bonchev–Trinajstić information content (AvgIpc) is 2.67. The molecule has 1 saturated heterocycles. The van der Waals surface area contributed by atoms with E-state index in [0.717, 1.165) is 5.56 Å². The molecule has 5 heteroatoms. The average molecular weight is 261 g/mol. The third kappa shape index (κ3) is 1.85. The van der Waals surface area contributed by atoms with Gasteiger partial charge in [-0.15, -0.1) is 0 Å². The zero-order chi connectivity index (χ0) is 11.8. The minimum absolute atomic E-state index is 0.218. The van der Waals surface area contributed by atoms with Gasteiger partial charge in [0.25, 0.3) is 0 Å². The van der Waals surface area contributed by atoms with Crippen LogP contribution in [0, 0.1) is 6.92 Å². The Bertz CT molecular complexity index is 472. The molecule has 0 spiro atoms. The van der Waals surface area contributed by atoms with Crippen molar-refractivity contribution in [3.05, 3.63) is 29.8 Å². The van der Waals surface area contributed by atoms with Crippen LogP contribution in [0.4, 0.5) is 0 Å². The second kappa shape index (κ2) is 4.02. The molecule has 0 aliphatic carbocycles. The molecule has 1 aromatic rings. The molecule has 0 N–H and O–H groups in total. The monoisotopic (exact) mass is 260 g/mol. The number of halogens is 1. The highest BCUT2D eigenvalue weighted by Gasteiger charge is 2.46. The summed E-state index contributed by atoms with van der Waals surface area (Å²) >= 11 is 6.03. The van der Waals surface area contributed by atoms with E-state index in [4.69, 9.17) is 16.3 Å². The number of sulfone groups is 1. The minimum Gasteiger partial charge on any atom is -0.346 e. The summed E-state index contributed by atoms with van der Waals surface area (Å²) in [7, 11) is -3.61. The van der Waals surface area contributed by atoms with Crippen LogP contribution in [0.2, 0.25) is 0 Å². The van der Waals surface area contributed by atoms with Crippen LogP contribution in [0.1, 0.15) is 18.4 Å². The summed E-state index contributed by atoms with van der Waals surface area (Å²) < 4.78 is 28.0. The zero-order valence-electron chi connectivity index (χ0n) is 8.94. The maximum Gasteiger partial charge on any atom is 0.248 e. The van der Waals surface area contributed by atoms with E-state index in [2.05, 4.69) is 0 Å². The van der Waals surface area contributed by atoms with Crippen molar-refractivity contribution in [3.63, 3.8) is 0 Å². The van der Waals surface area contributed by atoms with Crippen molar-refractivity contribution in [3.8, 4) is 0 Å². The lowest BCUT2D eigenvalue weighted by Crippen LogP contribution is -2.31. The molecule has 3 nitrogen and oxygen atoms in total. The van der Waals surface area contributed by atoms with Gasteiger partial charge in [-0.25, -0.2) is 8.42 Å². The molecule has 1 unspecified atom stereocenters. The molecule has 0 saturated carbocycles. The van der Waals surface area contributed by atoms with Crippen molar-refractivity contribution in [2.24, 2.45) is 0 Å². The predicted molar refractivity (Wildman–Crippen MR) is 62.1 cm³/mol. The number of aryl methyl sites for hydroxylation is 1. The lowest BCUT2D eigenvalue weighted by atomic mass is 10.2. The Balaban J connectivity index is 2.42. The predicted octanol–water partition coefficient (Wildman–Crippen LogP) is 2.47. The molecule has 88 valence electrons. The van der Waals surface area contributed by atoms with Crippen molar-refractivity contribution in [1.82, 2.24) is 0 Å². The van der Waals surface area contributed by atoms with Crippen molar-refractivity contribution in [2.45, 2.75) is 29.1 Å². The van der Waals surface area contributed by atoms with Crippen molar-refractivity contribution < 1.29 is 13.2 Å². The first-order chi connectivity index (χ1) is 7.46. The van der Waals surface area contributed by atoms with E-state index in [0.29, 0.717) is 19.4 Å². The standard InChI is InChI=1S/C11H13ClO3S/c1-9-3-5-10(6-4-9)16(13,14)11(12)7-2-8-15-11/h3-6H,2,7-8H2,1H3. The van der Waals surface area contributed by atoms with Gasteiger partial charge in [0.2, 0.25) is 14.2 Å². The fraction of sp³-hybridized carbons (Fsp3) is 0.455. The Morgan fingerprint density at radius 3 is 2.44 bits per heavy atom. The molecule has 0 amide bonds. The summed E-state index contributed by atoms with van der Waals surface area (Å²) in [6, 6.07) is 6.64. The summed E-state index contributed by atoms with van der Waals surface area (Å²) in [4.78, 5) is 0.218. The summed E-state index contributed by atoms with van der Waals surface area (Å²) in [6.45, 7) is 2.30. The van der Waals surface area contributed by atoms with E-state index in [1.54, 1.807) is 24.3 Å². The summed E-state index contributed by atoms with van der Waals surface area (Å²) in [5.41, 5.74) is 1.01. The normalized spacial score (nSPS) is 25.9. The third-order valence-electron chi connectivity index (χ3n) is 2.67. The van der Waals surface area contributed by atoms with E-state index in [-0.39, 0.29) is 4.90 Å². The first kappa shape index (κ1) is 11.9. The number of rotatable bonds is 2. The molecule has 2 rings (SSSR count). The van der Waals surface area contributed by atoms with Gasteiger partial charge in [0, 0.05) is 6.42 Å². The van der Waals surface area contributed by atoms with Crippen LogP contribution in [0.3, 0.4) is 0 Å². The van der Waals surface area contributed by atoms with E-state index < -0.39 is 14.2 Å². The maximum atomic E-state index is 12.2. The molecular weight excluding hydrogens is 248 g/mol. The highest BCUT2D eigenvalue weighted by Crippen LogP contribution is 2.39. The molecule has 0 bridgehead atoms. The van der Waals surface area contributed by atoms with Gasteiger partial charge in [-0.2, -0.15) is 0 Å². The van der Waals surface area contributed by atoms with E-state index >= 15 is 0 Å². The summed E-state index contributed by atoms with van der Waals surface area (Å²) in [5, 5.41) is 0. The fourth-order valence-corrected chi connectivity index (χ4v) is 3.66. The lowest BCUT2D eigenvalue weighted by Gasteiger charge is -2.20. The maximum absolute atomic E-state index is 12.2. The smallest absolute Gasteiger partial charge is 0.248 e. The molecule has 0 radical (unpaired) electrons. The molecule has 1 aliphatic heterocycles. The number of hydrogen-bond acceptors (Lipinski definition) is 3. The molecular formula is C11H13ClO3S. The minimum atomic E-state index is -3.61. The molecule has 1 aromatic carbocycles. The molecule has 0 aromatic heterocycles. The van der Waals surface area contributed by atoms with Crippen LogP contribution < -0.4 is 0 Å². The van der Waals surface area contributed by atoms with Gasteiger partial charge >= 0.3 is 0 Å². The number of benzene rings is 1. The zero-order valence-corrected chi connectivity index (χ0v) is 10.5. The van der Waals surface area contributed by atoms with Crippen LogP contribution in [-0.2, 0) is 14.6 Å². The van der Waals surface area contributed by atoms with Gasteiger partial charge in [0.05, 0.1) is 11.5 Å². The van der Waals surface area contributed by atoms with Gasteiger partial charge in [0.1, 0.15) is 0 Å². The van der Waals surface area contributed by atoms with Crippen LogP contribution in [-0.4, -0.2) is 19.4 Å². The largest absolute Gasteiger partial charge is 0.346 e. The van der Waals surface area contributed by atoms with Gasteiger partial charge in [-0.05, 0) is 25.5 Å². The Morgan fingerprint density at radius 2 is 1.94 bits per heavy atom. The molecule has 16 heavy (non-hydrogen) atoms. The number of alkyl halides is 1. The second-order valence-corrected chi connectivity index (χ2v) is 6.90. The van der Waals surface area contributed by atoms with Crippen LogP contribution >= 0.6 is 11.6 Å². The highest BCUT2D eigenvalue weighted by molar-refractivity contribution is 7.94. The van der Waals surface area contributed by atoms with E-state index in [1.165, 1.54) is 0 Å². The Hall–Kier alpha value is -0.580. The fourth-order valence-electron chi connectivity index (χ4n) is 1.69. The van der Waals surface area contributed by atoms with Crippen molar-refractivity contribution in [2.75, 3.05) is 6.61 Å². The van der Waals surface area contributed by atoms with Gasteiger partial charge in [-0.3, -0.25) is 0 Å². The van der Waals surface area contributed by atoms with Gasteiger partial charge in [0.15, 0.2) is 0 Å². The SMILES string of the molecule is Cc1ccc(S(=O)(=O)C2(Cl)CCCO2)cc1. The Morgan fingerprint density at radius 1 is 1.31 bits per heavy atom. The van der Waals surface area contributed by atoms with Crippen LogP contribution in [0.5, 0.6) is 0 Å². The van der Waals surface area contributed by atoms with Crippen molar-refractivity contribution >= 4 is 21.4 Å². The lowest BCUT2D eigenvalue weighted by molar-refractivity contribution is 0.135. The number of ether oxygens (including phenoxy) is 1. The van der Waals surface area contributed by atoms with Gasteiger partial charge in [-0.1, -0.05) is 29.3 Å². The van der Waals surface area contributed by atoms with Crippen molar-refractivity contribution in [1.29, 1.82) is 0 Å². The summed E-state index contributed by atoms with van der Waals surface area (Å²) in [6.07, 6.45) is 1.01. The highest BCUT2D eigenvalue weighted by atomic mass is 35.5. The van der Waals surface area contributed by atoms with E-state index in [1.807, 2.05) is 6.92 Å². The summed E-state index contributed by atoms with van der Waals surface area (Å²) in [5.74, 6) is 0. The first-order valence-electron chi connectivity index (χ1n) is 5.10. The van der Waals surface area contributed by atoms with Crippen LogP contribution in [0.25, 0.3) is 0 Å². The van der Waals surface area contributed by atoms with Crippen LogP contribution in [0.15, 0.2) is 29.2 Å². The Labute approximate surface area is 100 Å². The van der Waals surface area contributed by atoms with E-state index in [9.17, 15) is 8.42 Å². The number of hydrogen-bond donors (Lipinski definition) is 0. The Kier molecular flexibility index (Phi) is 2.99. The van der Waals surface area contributed by atoms with Gasteiger partial charge < -0.3 is 4.74 Å². The molecule has 1 aliphatic rings. The molecule has 1 fully saturated rings. The quantitative estimate of drug-likeness (QED) is 0.768. The topological polar surface area (TPSA) is 43.4 Å². The second-order valence-electron chi connectivity index (χ2n) is 3.93. The molecule has 1 heterocycles. The first-order valence-corrected chi connectivity index (χ1v) is 6.96. The third-order valence-corrected chi connectivity index (χ3v) is 5.59. The molecule has 1 atom stereocenters.